The lowest BCUT2D eigenvalue weighted by atomic mass is 10.1. The zero-order chi connectivity index (χ0) is 33.6. The predicted octanol–water partition coefficient (Wildman–Crippen LogP) is 6.26. The van der Waals surface area contributed by atoms with Crippen LogP contribution in [0.15, 0.2) is 100 Å². The SMILES string of the molecule is CCN(CCc1ccc(NC(=O)c2cc(OC)c(OC)cc2NC(=O)c2cc(=O)c3ccccc3o2)cc1)Cc1ccc2cn[nH]c2c1. The van der Waals surface area contributed by atoms with Crippen LogP contribution in [0.1, 0.15) is 39.0 Å². The van der Waals surface area contributed by atoms with Crippen LogP contribution in [-0.4, -0.2) is 54.2 Å². The number of benzene rings is 4. The number of hydrogen-bond acceptors (Lipinski definition) is 8. The summed E-state index contributed by atoms with van der Waals surface area (Å²) in [4.78, 5) is 41.8. The quantitative estimate of drug-likeness (QED) is 0.142. The third-order valence-corrected chi connectivity index (χ3v) is 8.16. The van der Waals surface area contributed by atoms with Crippen LogP contribution in [0.4, 0.5) is 11.4 Å². The van der Waals surface area contributed by atoms with Crippen molar-refractivity contribution >= 4 is 45.1 Å². The first-order valence-electron chi connectivity index (χ1n) is 15.5. The molecular formula is C37H35N5O6. The van der Waals surface area contributed by atoms with E-state index in [1.807, 2.05) is 30.5 Å². The second-order valence-electron chi connectivity index (χ2n) is 11.2. The van der Waals surface area contributed by atoms with Crippen LogP contribution >= 0.6 is 0 Å². The fourth-order valence-electron chi connectivity index (χ4n) is 5.50. The molecule has 3 N–H and O–H groups in total. The van der Waals surface area contributed by atoms with Crippen LogP contribution < -0.4 is 25.5 Å². The van der Waals surface area contributed by atoms with Crippen molar-refractivity contribution in [1.29, 1.82) is 0 Å². The molecule has 0 bridgehead atoms. The summed E-state index contributed by atoms with van der Waals surface area (Å²) < 4.78 is 16.5. The Balaban J connectivity index is 1.14. The minimum absolute atomic E-state index is 0.125. The Kier molecular flexibility index (Phi) is 9.49. The van der Waals surface area contributed by atoms with Crippen LogP contribution in [0.25, 0.3) is 21.9 Å². The van der Waals surface area contributed by atoms with E-state index in [1.54, 1.807) is 24.3 Å². The molecule has 48 heavy (non-hydrogen) atoms. The topological polar surface area (TPSA) is 139 Å². The maximum Gasteiger partial charge on any atom is 0.291 e. The lowest BCUT2D eigenvalue weighted by Gasteiger charge is -2.20. The number of aromatic nitrogens is 2. The van der Waals surface area contributed by atoms with E-state index in [0.717, 1.165) is 48.6 Å². The van der Waals surface area contributed by atoms with E-state index in [9.17, 15) is 14.4 Å². The van der Waals surface area contributed by atoms with E-state index in [-0.39, 0.29) is 28.0 Å². The summed E-state index contributed by atoms with van der Waals surface area (Å²) in [7, 11) is 2.91. The van der Waals surface area contributed by atoms with Crippen LogP contribution in [0.2, 0.25) is 0 Å². The molecule has 11 nitrogen and oxygen atoms in total. The lowest BCUT2D eigenvalue weighted by molar-refractivity contribution is 0.0997. The normalized spacial score (nSPS) is 11.2. The number of para-hydroxylation sites is 1. The maximum absolute atomic E-state index is 13.6. The van der Waals surface area contributed by atoms with Crippen molar-refractivity contribution < 1.29 is 23.5 Å². The van der Waals surface area contributed by atoms with Crippen molar-refractivity contribution in [3.8, 4) is 11.5 Å². The summed E-state index contributed by atoms with van der Waals surface area (Å²) in [5.74, 6) is -0.775. The zero-order valence-electron chi connectivity index (χ0n) is 26.8. The van der Waals surface area contributed by atoms with Gasteiger partial charge in [0.05, 0.1) is 42.6 Å². The van der Waals surface area contributed by atoms with E-state index in [0.29, 0.717) is 22.6 Å². The number of fused-ring (bicyclic) bond motifs is 2. The molecule has 6 rings (SSSR count). The Hall–Kier alpha value is -5.94. The molecule has 0 radical (unpaired) electrons. The van der Waals surface area contributed by atoms with Gasteiger partial charge in [0.1, 0.15) is 5.58 Å². The number of aromatic amines is 1. The summed E-state index contributed by atoms with van der Waals surface area (Å²) in [5.41, 5.74) is 4.15. The average Bonchev–Trinajstić information content (AvgIpc) is 3.58. The fourth-order valence-corrected chi connectivity index (χ4v) is 5.50. The number of likely N-dealkylation sites (N-methyl/N-ethyl adjacent to an activating group) is 1. The van der Waals surface area contributed by atoms with Gasteiger partial charge >= 0.3 is 0 Å². The number of carbonyl (C=O) groups is 2. The highest BCUT2D eigenvalue weighted by Gasteiger charge is 2.21. The second-order valence-corrected chi connectivity index (χ2v) is 11.2. The first-order valence-corrected chi connectivity index (χ1v) is 15.5. The Morgan fingerprint density at radius 3 is 2.40 bits per heavy atom. The van der Waals surface area contributed by atoms with Gasteiger partial charge in [-0.15, -0.1) is 0 Å². The third-order valence-electron chi connectivity index (χ3n) is 8.16. The summed E-state index contributed by atoms with van der Waals surface area (Å²) in [6.07, 6.45) is 2.66. The van der Waals surface area contributed by atoms with Crippen LogP contribution in [0.3, 0.4) is 0 Å². The molecule has 4 aromatic carbocycles. The Bertz CT molecular complexity index is 2150. The van der Waals surface area contributed by atoms with E-state index in [4.69, 9.17) is 13.9 Å². The van der Waals surface area contributed by atoms with Crippen LogP contribution in [-0.2, 0) is 13.0 Å². The molecule has 2 aromatic heterocycles. The number of methoxy groups -OCH3 is 2. The summed E-state index contributed by atoms with van der Waals surface area (Å²) in [6.45, 7) is 4.76. The van der Waals surface area contributed by atoms with Gasteiger partial charge in [-0.25, -0.2) is 0 Å². The molecule has 0 aliphatic carbocycles. The molecule has 2 amide bonds. The molecule has 0 unspecified atom stereocenters. The van der Waals surface area contributed by atoms with Crippen molar-refractivity contribution in [3.63, 3.8) is 0 Å². The van der Waals surface area contributed by atoms with Crippen molar-refractivity contribution in [2.45, 2.75) is 19.9 Å². The molecule has 0 fully saturated rings. The molecule has 0 saturated heterocycles. The van der Waals surface area contributed by atoms with E-state index >= 15 is 0 Å². The van der Waals surface area contributed by atoms with E-state index in [1.165, 1.54) is 31.9 Å². The molecule has 0 spiro atoms. The van der Waals surface area contributed by atoms with Crippen molar-refractivity contribution in [3.05, 3.63) is 124 Å². The van der Waals surface area contributed by atoms with Gasteiger partial charge in [-0.2, -0.15) is 5.10 Å². The average molecular weight is 646 g/mol. The van der Waals surface area contributed by atoms with E-state index < -0.39 is 11.8 Å². The second kappa shape index (κ2) is 14.2. The van der Waals surface area contributed by atoms with Gasteiger partial charge in [-0.05, 0) is 60.5 Å². The Morgan fingerprint density at radius 2 is 1.62 bits per heavy atom. The fraction of sp³-hybridized carbons (Fsp3) is 0.189. The van der Waals surface area contributed by atoms with Crippen LogP contribution in [0, 0.1) is 0 Å². The lowest BCUT2D eigenvalue weighted by Crippen LogP contribution is -2.25. The maximum atomic E-state index is 13.6. The number of amides is 2. The summed E-state index contributed by atoms with van der Waals surface area (Å²) in [5, 5.41) is 14.2. The predicted molar refractivity (Wildman–Crippen MR) is 185 cm³/mol. The first kappa shape index (κ1) is 32.0. The van der Waals surface area contributed by atoms with Crippen molar-refractivity contribution in [2.24, 2.45) is 0 Å². The van der Waals surface area contributed by atoms with Crippen molar-refractivity contribution in [2.75, 3.05) is 37.9 Å². The molecule has 11 heteroatoms. The monoisotopic (exact) mass is 645 g/mol. The number of carbonyl (C=O) groups excluding carboxylic acids is 2. The van der Waals surface area contributed by atoms with Gasteiger partial charge in [-0.1, -0.05) is 43.3 Å². The number of nitrogens with one attached hydrogen (secondary N) is 3. The molecule has 0 aliphatic heterocycles. The molecular weight excluding hydrogens is 610 g/mol. The standard InChI is InChI=1S/C37H35N5O6/c1-4-42(22-24-9-12-25-21-38-41-29(25)17-24)16-15-23-10-13-26(14-11-23)39-36(44)28-18-33(46-2)34(47-3)19-30(28)40-37(45)35-20-31(43)27-7-5-6-8-32(27)48-35/h5-14,17-21H,4,15-16,22H2,1-3H3,(H,38,41)(H,39,44)(H,40,45). The molecule has 6 aromatic rings. The number of ether oxygens (including phenoxy) is 2. The Morgan fingerprint density at radius 1 is 0.875 bits per heavy atom. The highest BCUT2D eigenvalue weighted by atomic mass is 16.5. The highest BCUT2D eigenvalue weighted by molar-refractivity contribution is 6.12. The number of hydrogen-bond donors (Lipinski definition) is 3. The molecule has 244 valence electrons. The minimum atomic E-state index is -0.702. The number of H-pyrrole nitrogens is 1. The van der Waals surface area contributed by atoms with Gasteiger partial charge in [0.15, 0.2) is 22.7 Å². The molecule has 2 heterocycles. The van der Waals surface area contributed by atoms with Gasteiger partial charge < -0.3 is 24.5 Å². The third kappa shape index (κ3) is 7.06. The van der Waals surface area contributed by atoms with Crippen LogP contribution in [0.5, 0.6) is 11.5 Å². The Labute approximate surface area is 276 Å². The number of anilines is 2. The first-order chi connectivity index (χ1) is 23.3. The number of rotatable bonds is 12. The smallest absolute Gasteiger partial charge is 0.291 e. The van der Waals surface area contributed by atoms with Gasteiger partial charge in [0.25, 0.3) is 11.8 Å². The van der Waals surface area contributed by atoms with Gasteiger partial charge in [-0.3, -0.25) is 24.4 Å². The highest BCUT2D eigenvalue weighted by Crippen LogP contribution is 2.34. The van der Waals surface area contributed by atoms with E-state index in [2.05, 4.69) is 50.9 Å². The largest absolute Gasteiger partial charge is 0.493 e. The minimum Gasteiger partial charge on any atom is -0.493 e. The zero-order valence-corrected chi connectivity index (χ0v) is 26.8. The summed E-state index contributed by atoms with van der Waals surface area (Å²) in [6, 6.07) is 24.8. The molecule has 0 saturated carbocycles. The summed E-state index contributed by atoms with van der Waals surface area (Å²) >= 11 is 0. The van der Waals surface area contributed by atoms with Crippen molar-refractivity contribution in [1.82, 2.24) is 15.1 Å². The van der Waals surface area contributed by atoms with Gasteiger partial charge in [0, 0.05) is 36.3 Å². The molecule has 0 atom stereocenters. The van der Waals surface area contributed by atoms with Gasteiger partial charge in [0.2, 0.25) is 0 Å². The molecule has 0 aliphatic rings. The number of nitrogens with zero attached hydrogens (tertiary/aromatic N) is 2.